The standard InChI is InChI=1S/C19H30N4O3.ClH/c1-12(2)22-19(25)26-17-8-13-6-15(7-14(13)9-17)21-11-18(24)23-5-3-4-16(23)10-20;/h12-17,21H,3-9,11H2,1-2H3,(H,22,25);1H. The third-order valence-electron chi connectivity index (χ3n) is 5.92. The number of nitrogens with zero attached hydrogens (tertiary/aromatic N) is 2. The Balaban J connectivity index is 0.00000261. The molecule has 27 heavy (non-hydrogen) atoms. The Bertz CT molecular complexity index is 566. The Labute approximate surface area is 167 Å². The van der Waals surface area contributed by atoms with Crippen LogP contribution in [0.4, 0.5) is 4.79 Å². The molecule has 152 valence electrons. The Morgan fingerprint density at radius 2 is 1.89 bits per heavy atom. The molecule has 1 saturated heterocycles. The van der Waals surface area contributed by atoms with Crippen LogP contribution in [0.1, 0.15) is 52.4 Å². The molecule has 2 aliphatic carbocycles. The molecule has 3 aliphatic rings. The van der Waals surface area contributed by atoms with E-state index < -0.39 is 0 Å². The van der Waals surface area contributed by atoms with Crippen molar-refractivity contribution in [1.82, 2.24) is 15.5 Å². The number of likely N-dealkylation sites (tertiary alicyclic amines) is 1. The van der Waals surface area contributed by atoms with E-state index in [1.165, 1.54) is 0 Å². The van der Waals surface area contributed by atoms with Crippen LogP contribution >= 0.6 is 12.4 Å². The number of amides is 2. The van der Waals surface area contributed by atoms with Gasteiger partial charge in [-0.25, -0.2) is 4.79 Å². The van der Waals surface area contributed by atoms with Crippen molar-refractivity contribution in [2.45, 2.75) is 76.6 Å². The molecule has 3 unspecified atom stereocenters. The van der Waals surface area contributed by atoms with Gasteiger partial charge in [0.2, 0.25) is 5.91 Å². The maximum atomic E-state index is 12.3. The van der Waals surface area contributed by atoms with Gasteiger partial charge in [-0.3, -0.25) is 4.79 Å². The maximum Gasteiger partial charge on any atom is 0.407 e. The van der Waals surface area contributed by atoms with Gasteiger partial charge in [-0.15, -0.1) is 12.4 Å². The fraction of sp³-hybridized carbons (Fsp3) is 0.842. The van der Waals surface area contributed by atoms with Crippen LogP contribution in [0.3, 0.4) is 0 Å². The molecule has 3 rings (SSSR count). The molecule has 1 aliphatic heterocycles. The van der Waals surface area contributed by atoms with Crippen molar-refractivity contribution in [3.05, 3.63) is 0 Å². The summed E-state index contributed by atoms with van der Waals surface area (Å²) in [6.45, 7) is 4.86. The summed E-state index contributed by atoms with van der Waals surface area (Å²) in [7, 11) is 0. The second-order valence-corrected chi connectivity index (χ2v) is 8.24. The molecule has 0 aromatic carbocycles. The molecule has 0 aromatic heterocycles. The highest BCUT2D eigenvalue weighted by molar-refractivity contribution is 5.85. The van der Waals surface area contributed by atoms with Gasteiger partial charge in [-0.2, -0.15) is 5.26 Å². The van der Waals surface area contributed by atoms with Crippen LogP contribution in [-0.4, -0.2) is 54.2 Å². The molecule has 3 atom stereocenters. The molecule has 0 spiro atoms. The predicted molar refractivity (Wildman–Crippen MR) is 103 cm³/mol. The molecule has 0 bridgehead atoms. The Kier molecular flexibility index (Phi) is 7.75. The van der Waals surface area contributed by atoms with Crippen LogP contribution in [0.15, 0.2) is 0 Å². The molecular weight excluding hydrogens is 368 g/mol. The number of hydrogen-bond donors (Lipinski definition) is 2. The summed E-state index contributed by atoms with van der Waals surface area (Å²) < 4.78 is 5.52. The zero-order valence-corrected chi connectivity index (χ0v) is 17.0. The first-order valence-electron chi connectivity index (χ1n) is 9.86. The van der Waals surface area contributed by atoms with Gasteiger partial charge in [0, 0.05) is 18.6 Å². The zero-order chi connectivity index (χ0) is 18.7. The number of carbonyl (C=O) groups is 2. The summed E-state index contributed by atoms with van der Waals surface area (Å²) in [6, 6.07) is 2.41. The second-order valence-electron chi connectivity index (χ2n) is 8.24. The first kappa shape index (κ1) is 21.8. The molecular formula is C19H31ClN4O3. The lowest BCUT2D eigenvalue weighted by Gasteiger charge is -2.22. The average molecular weight is 399 g/mol. The minimum absolute atomic E-state index is 0. The maximum absolute atomic E-state index is 12.3. The molecule has 2 N–H and O–H groups in total. The minimum Gasteiger partial charge on any atom is -0.446 e. The third kappa shape index (κ3) is 5.49. The number of ether oxygens (including phenoxy) is 1. The predicted octanol–water partition coefficient (Wildman–Crippen LogP) is 2.20. The normalized spacial score (nSPS) is 31.9. The van der Waals surface area contributed by atoms with E-state index >= 15 is 0 Å². The van der Waals surface area contributed by atoms with Gasteiger partial charge in [0.25, 0.3) is 0 Å². The summed E-state index contributed by atoms with van der Waals surface area (Å²) in [5.74, 6) is 1.17. The second kappa shape index (κ2) is 9.61. The lowest BCUT2D eigenvalue weighted by molar-refractivity contribution is -0.130. The molecule has 1 heterocycles. The van der Waals surface area contributed by atoms with Crippen molar-refractivity contribution >= 4 is 24.4 Å². The third-order valence-corrected chi connectivity index (χ3v) is 5.92. The van der Waals surface area contributed by atoms with Crippen molar-refractivity contribution in [1.29, 1.82) is 5.26 Å². The van der Waals surface area contributed by atoms with E-state index in [0.717, 1.165) is 38.5 Å². The van der Waals surface area contributed by atoms with Crippen molar-refractivity contribution in [3.63, 3.8) is 0 Å². The molecule has 7 nitrogen and oxygen atoms in total. The monoisotopic (exact) mass is 398 g/mol. The van der Waals surface area contributed by atoms with Crippen LogP contribution in [0, 0.1) is 23.2 Å². The number of carbonyl (C=O) groups excluding carboxylic acids is 2. The zero-order valence-electron chi connectivity index (χ0n) is 16.1. The number of rotatable bonds is 5. The van der Waals surface area contributed by atoms with Gasteiger partial charge in [-0.1, -0.05) is 0 Å². The molecule has 2 saturated carbocycles. The van der Waals surface area contributed by atoms with Crippen LogP contribution < -0.4 is 10.6 Å². The number of nitriles is 1. The highest BCUT2D eigenvalue weighted by Gasteiger charge is 2.43. The van der Waals surface area contributed by atoms with E-state index in [9.17, 15) is 9.59 Å². The average Bonchev–Trinajstić information content (AvgIpc) is 3.25. The van der Waals surface area contributed by atoms with E-state index in [2.05, 4.69) is 16.7 Å². The topological polar surface area (TPSA) is 94.5 Å². The van der Waals surface area contributed by atoms with Crippen molar-refractivity contribution < 1.29 is 14.3 Å². The van der Waals surface area contributed by atoms with Gasteiger partial charge in [0.1, 0.15) is 12.1 Å². The molecule has 8 heteroatoms. The van der Waals surface area contributed by atoms with Gasteiger partial charge in [-0.05, 0) is 64.2 Å². The first-order valence-corrected chi connectivity index (χ1v) is 9.86. The summed E-state index contributed by atoms with van der Waals surface area (Å²) in [5.41, 5.74) is 0. The van der Waals surface area contributed by atoms with E-state index in [0.29, 0.717) is 31.0 Å². The number of hydrogen-bond acceptors (Lipinski definition) is 5. The van der Waals surface area contributed by atoms with Crippen LogP contribution in [-0.2, 0) is 9.53 Å². The molecule has 2 amide bonds. The number of nitrogens with one attached hydrogen (secondary N) is 2. The Morgan fingerprint density at radius 3 is 2.48 bits per heavy atom. The van der Waals surface area contributed by atoms with E-state index in [4.69, 9.17) is 10.00 Å². The summed E-state index contributed by atoms with van der Waals surface area (Å²) in [6.07, 6.45) is 5.33. The van der Waals surface area contributed by atoms with Crippen molar-refractivity contribution in [3.8, 4) is 6.07 Å². The van der Waals surface area contributed by atoms with E-state index in [1.54, 1.807) is 4.90 Å². The quantitative estimate of drug-likeness (QED) is 0.740. The van der Waals surface area contributed by atoms with E-state index in [-0.39, 0.29) is 42.6 Å². The lowest BCUT2D eigenvalue weighted by Crippen LogP contribution is -2.43. The van der Waals surface area contributed by atoms with Crippen molar-refractivity contribution in [2.24, 2.45) is 11.8 Å². The Hall–Kier alpha value is -1.52. The Morgan fingerprint density at radius 1 is 1.22 bits per heavy atom. The number of halogens is 1. The summed E-state index contributed by atoms with van der Waals surface area (Å²) in [5, 5.41) is 15.3. The number of alkyl carbamates (subject to hydrolysis) is 1. The number of fused-ring (bicyclic) bond motifs is 1. The van der Waals surface area contributed by atoms with Crippen LogP contribution in [0.25, 0.3) is 0 Å². The molecule has 0 radical (unpaired) electrons. The SMILES string of the molecule is CC(C)NC(=O)OC1CC2CC(NCC(=O)N3CCCC3C#N)CC2C1.Cl. The fourth-order valence-corrected chi connectivity index (χ4v) is 4.78. The van der Waals surface area contributed by atoms with Gasteiger partial charge in [0.05, 0.1) is 12.6 Å². The van der Waals surface area contributed by atoms with E-state index in [1.807, 2.05) is 13.8 Å². The van der Waals surface area contributed by atoms with Gasteiger partial charge < -0.3 is 20.3 Å². The molecule has 3 fully saturated rings. The van der Waals surface area contributed by atoms with Gasteiger partial charge in [0.15, 0.2) is 0 Å². The van der Waals surface area contributed by atoms with Crippen LogP contribution in [0.2, 0.25) is 0 Å². The largest absolute Gasteiger partial charge is 0.446 e. The van der Waals surface area contributed by atoms with Gasteiger partial charge >= 0.3 is 6.09 Å². The highest BCUT2D eigenvalue weighted by atomic mass is 35.5. The summed E-state index contributed by atoms with van der Waals surface area (Å²) >= 11 is 0. The smallest absolute Gasteiger partial charge is 0.407 e. The molecule has 0 aromatic rings. The first-order chi connectivity index (χ1) is 12.5. The van der Waals surface area contributed by atoms with Crippen molar-refractivity contribution in [2.75, 3.05) is 13.1 Å². The summed E-state index contributed by atoms with van der Waals surface area (Å²) in [4.78, 5) is 25.8. The minimum atomic E-state index is -0.317. The fourth-order valence-electron chi connectivity index (χ4n) is 4.78. The van der Waals surface area contributed by atoms with Crippen LogP contribution in [0.5, 0.6) is 0 Å². The highest BCUT2D eigenvalue weighted by Crippen LogP contribution is 2.45. The lowest BCUT2D eigenvalue weighted by atomic mass is 10.0.